The highest BCUT2D eigenvalue weighted by Crippen LogP contribution is 2.14. The van der Waals surface area contributed by atoms with E-state index in [1.165, 1.54) is 69.3 Å². The Balaban J connectivity index is 1.84. The van der Waals surface area contributed by atoms with E-state index in [4.69, 9.17) is 11.6 Å². The topological polar surface area (TPSA) is 25.8 Å². The quantitative estimate of drug-likeness (QED) is 0.544. The number of hydrogen-bond acceptors (Lipinski definition) is 3. The molecular weight excluding hydrogens is 252 g/mol. The van der Waals surface area contributed by atoms with Gasteiger partial charge in [-0.15, -0.1) is 0 Å². The van der Waals surface area contributed by atoms with Crippen molar-refractivity contribution >= 4 is 23.1 Å². The number of unbranched alkanes of at least 4 members (excludes halogenated alkanes) is 8. The monoisotopic (exact) mass is 274 g/mol. The summed E-state index contributed by atoms with van der Waals surface area (Å²) in [6.07, 6.45) is 13.3. The predicted octanol–water partition coefficient (Wildman–Crippen LogP) is 5.26. The summed E-state index contributed by atoms with van der Waals surface area (Å²) >= 11 is 7.11. The second-order valence-electron chi connectivity index (χ2n) is 4.54. The summed E-state index contributed by atoms with van der Waals surface area (Å²) in [4.78, 5) is 4.15. The summed E-state index contributed by atoms with van der Waals surface area (Å²) < 4.78 is 3.97. The molecule has 0 unspecified atom stereocenters. The summed E-state index contributed by atoms with van der Waals surface area (Å²) in [6.45, 7) is 2.26. The molecule has 0 radical (unpaired) electrons. The highest BCUT2D eigenvalue weighted by Gasteiger charge is 2.00. The molecule has 1 aromatic rings. The summed E-state index contributed by atoms with van der Waals surface area (Å²) in [6, 6.07) is 0. The van der Waals surface area contributed by atoms with Crippen molar-refractivity contribution < 1.29 is 0 Å². The lowest BCUT2D eigenvalue weighted by Crippen LogP contribution is -1.85. The first-order chi connectivity index (χ1) is 8.33. The fraction of sp³-hybridized carbons (Fsp3) is 0.846. The number of hydrogen-bond donors (Lipinski definition) is 0. The van der Waals surface area contributed by atoms with Crippen LogP contribution in [-0.2, 0) is 6.42 Å². The predicted molar refractivity (Wildman–Crippen MR) is 75.9 cm³/mol. The van der Waals surface area contributed by atoms with E-state index in [-0.39, 0.29) is 0 Å². The number of halogens is 1. The van der Waals surface area contributed by atoms with Gasteiger partial charge in [0.05, 0.1) is 0 Å². The molecule has 0 amide bonds. The van der Waals surface area contributed by atoms with Crippen LogP contribution in [0.25, 0.3) is 0 Å². The second-order valence-corrected chi connectivity index (χ2v) is 5.71. The van der Waals surface area contributed by atoms with Crippen LogP contribution in [0.3, 0.4) is 0 Å². The zero-order valence-electron chi connectivity index (χ0n) is 10.8. The number of aryl methyl sites for hydroxylation is 1. The highest BCUT2D eigenvalue weighted by atomic mass is 35.5. The van der Waals surface area contributed by atoms with Gasteiger partial charge in [-0.2, -0.15) is 4.37 Å². The Morgan fingerprint density at radius 1 is 0.941 bits per heavy atom. The van der Waals surface area contributed by atoms with Crippen molar-refractivity contribution in [2.45, 2.75) is 71.1 Å². The second kappa shape index (κ2) is 9.84. The van der Waals surface area contributed by atoms with Crippen LogP contribution in [0.5, 0.6) is 0 Å². The molecule has 0 fully saturated rings. The van der Waals surface area contributed by atoms with Crippen molar-refractivity contribution in [3.63, 3.8) is 0 Å². The van der Waals surface area contributed by atoms with Crippen molar-refractivity contribution in [3.8, 4) is 0 Å². The van der Waals surface area contributed by atoms with Gasteiger partial charge in [0.2, 0.25) is 5.28 Å². The fourth-order valence-electron chi connectivity index (χ4n) is 1.92. The first-order valence-electron chi connectivity index (χ1n) is 6.81. The van der Waals surface area contributed by atoms with E-state index < -0.39 is 0 Å². The zero-order chi connectivity index (χ0) is 12.3. The van der Waals surface area contributed by atoms with E-state index in [2.05, 4.69) is 16.3 Å². The molecule has 4 heteroatoms. The molecular formula is C13H23ClN2S. The summed E-state index contributed by atoms with van der Waals surface area (Å²) in [5.41, 5.74) is 0. The number of nitrogens with zero attached hydrogens (tertiary/aromatic N) is 2. The molecule has 1 aromatic heterocycles. The molecule has 17 heavy (non-hydrogen) atoms. The Morgan fingerprint density at radius 2 is 1.53 bits per heavy atom. The van der Waals surface area contributed by atoms with Crippen molar-refractivity contribution in [3.05, 3.63) is 10.3 Å². The van der Waals surface area contributed by atoms with Gasteiger partial charge in [-0.05, 0) is 29.6 Å². The Morgan fingerprint density at radius 3 is 2.06 bits per heavy atom. The Labute approximate surface area is 114 Å². The molecule has 0 saturated heterocycles. The molecule has 1 rings (SSSR count). The summed E-state index contributed by atoms with van der Waals surface area (Å²) in [5.74, 6) is 0. The molecule has 0 aliphatic heterocycles. The van der Waals surface area contributed by atoms with Gasteiger partial charge < -0.3 is 0 Å². The van der Waals surface area contributed by atoms with Crippen LogP contribution in [0.15, 0.2) is 0 Å². The molecule has 0 aliphatic carbocycles. The average Bonchev–Trinajstić information content (AvgIpc) is 2.73. The van der Waals surface area contributed by atoms with E-state index >= 15 is 0 Å². The molecule has 1 heterocycles. The maximum absolute atomic E-state index is 5.67. The van der Waals surface area contributed by atoms with Crippen LogP contribution >= 0.6 is 23.1 Å². The minimum Gasteiger partial charge on any atom is -0.210 e. The van der Waals surface area contributed by atoms with Crippen molar-refractivity contribution in [1.82, 2.24) is 9.36 Å². The van der Waals surface area contributed by atoms with Crippen LogP contribution in [0, 0.1) is 0 Å². The fourth-order valence-corrected chi connectivity index (χ4v) is 2.76. The molecule has 0 atom stereocenters. The van der Waals surface area contributed by atoms with Gasteiger partial charge in [0, 0.05) is 6.42 Å². The Bertz CT molecular complexity index is 289. The number of rotatable bonds is 10. The average molecular weight is 275 g/mol. The van der Waals surface area contributed by atoms with Gasteiger partial charge in [-0.25, -0.2) is 4.98 Å². The standard InChI is InChI=1S/C13H23ClN2S/c1-2-3-4-5-6-7-8-9-10-11-12-15-13(14)16-17-12/h2-11H2,1H3. The zero-order valence-corrected chi connectivity index (χ0v) is 12.3. The molecule has 0 aliphatic rings. The van der Waals surface area contributed by atoms with Gasteiger partial charge >= 0.3 is 0 Å². The van der Waals surface area contributed by atoms with E-state index in [1.807, 2.05) is 0 Å². The van der Waals surface area contributed by atoms with E-state index in [0.29, 0.717) is 5.28 Å². The lowest BCUT2D eigenvalue weighted by molar-refractivity contribution is 0.564. The van der Waals surface area contributed by atoms with Crippen LogP contribution < -0.4 is 0 Å². The first kappa shape index (κ1) is 14.9. The molecule has 0 saturated carbocycles. The van der Waals surface area contributed by atoms with E-state index in [1.54, 1.807) is 0 Å². The van der Waals surface area contributed by atoms with Crippen molar-refractivity contribution in [1.29, 1.82) is 0 Å². The lowest BCUT2D eigenvalue weighted by atomic mass is 10.1. The Hall–Kier alpha value is -0.150. The smallest absolute Gasteiger partial charge is 0.210 e. The van der Waals surface area contributed by atoms with E-state index in [9.17, 15) is 0 Å². The van der Waals surface area contributed by atoms with Gasteiger partial charge in [0.1, 0.15) is 5.01 Å². The van der Waals surface area contributed by atoms with Crippen LogP contribution in [0.4, 0.5) is 0 Å². The molecule has 0 bridgehead atoms. The maximum atomic E-state index is 5.67. The highest BCUT2D eigenvalue weighted by molar-refractivity contribution is 7.05. The minimum absolute atomic E-state index is 0.404. The molecule has 2 nitrogen and oxygen atoms in total. The molecule has 98 valence electrons. The summed E-state index contributed by atoms with van der Waals surface area (Å²) in [7, 11) is 0. The van der Waals surface area contributed by atoms with Crippen LogP contribution in [0.2, 0.25) is 5.28 Å². The number of aromatic nitrogens is 2. The van der Waals surface area contributed by atoms with E-state index in [0.717, 1.165) is 11.4 Å². The molecule has 0 spiro atoms. The van der Waals surface area contributed by atoms with Gasteiger partial charge in [-0.1, -0.05) is 58.3 Å². The van der Waals surface area contributed by atoms with Crippen molar-refractivity contribution in [2.24, 2.45) is 0 Å². The molecule has 0 N–H and O–H groups in total. The SMILES string of the molecule is CCCCCCCCCCCc1nc(Cl)ns1. The summed E-state index contributed by atoms with van der Waals surface area (Å²) in [5, 5.41) is 1.49. The van der Waals surface area contributed by atoms with Gasteiger partial charge in [0.25, 0.3) is 0 Å². The van der Waals surface area contributed by atoms with Gasteiger partial charge in [0.15, 0.2) is 0 Å². The largest absolute Gasteiger partial charge is 0.234 e. The third kappa shape index (κ3) is 7.72. The van der Waals surface area contributed by atoms with Gasteiger partial charge in [-0.3, -0.25) is 0 Å². The first-order valence-corrected chi connectivity index (χ1v) is 7.96. The third-order valence-electron chi connectivity index (χ3n) is 2.94. The lowest BCUT2D eigenvalue weighted by Gasteiger charge is -2.00. The van der Waals surface area contributed by atoms with Crippen LogP contribution in [0.1, 0.15) is 69.7 Å². The van der Waals surface area contributed by atoms with Crippen LogP contribution in [-0.4, -0.2) is 9.36 Å². The maximum Gasteiger partial charge on any atom is 0.234 e. The Kier molecular flexibility index (Phi) is 8.63. The molecule has 0 aromatic carbocycles. The third-order valence-corrected chi connectivity index (χ3v) is 3.98. The minimum atomic E-state index is 0.404. The normalized spacial score (nSPS) is 10.9. The van der Waals surface area contributed by atoms with Crippen molar-refractivity contribution in [2.75, 3.05) is 0 Å².